The van der Waals surface area contributed by atoms with Crippen molar-refractivity contribution < 1.29 is 24.2 Å². The van der Waals surface area contributed by atoms with E-state index in [1.54, 1.807) is 18.1 Å². The number of fused-ring (bicyclic) bond motifs is 1. The van der Waals surface area contributed by atoms with E-state index in [1.165, 1.54) is 18.2 Å². The lowest BCUT2D eigenvalue weighted by Crippen LogP contribution is -2.38. The van der Waals surface area contributed by atoms with Crippen LogP contribution in [0.1, 0.15) is 22.3 Å². The van der Waals surface area contributed by atoms with Crippen molar-refractivity contribution in [2.24, 2.45) is 0 Å². The molecule has 26 heavy (non-hydrogen) atoms. The lowest BCUT2D eigenvalue weighted by Gasteiger charge is -2.29. The molecule has 1 aliphatic rings. The van der Waals surface area contributed by atoms with Gasteiger partial charge >= 0.3 is 5.97 Å². The summed E-state index contributed by atoms with van der Waals surface area (Å²) in [4.78, 5) is 26.2. The van der Waals surface area contributed by atoms with Crippen molar-refractivity contribution in [1.82, 2.24) is 0 Å². The molecule has 1 amide bonds. The summed E-state index contributed by atoms with van der Waals surface area (Å²) in [6.07, 6.45) is 1.67. The van der Waals surface area contributed by atoms with Crippen LogP contribution in [0.2, 0.25) is 5.02 Å². The third-order valence-corrected chi connectivity index (χ3v) is 4.45. The minimum absolute atomic E-state index is 0.0361. The van der Waals surface area contributed by atoms with Crippen molar-refractivity contribution in [2.75, 3.05) is 25.2 Å². The highest BCUT2D eigenvalue weighted by atomic mass is 35.5. The van der Waals surface area contributed by atoms with Gasteiger partial charge in [0.15, 0.2) is 6.61 Å². The van der Waals surface area contributed by atoms with Gasteiger partial charge in [-0.05, 0) is 54.8 Å². The number of rotatable bonds is 4. The van der Waals surface area contributed by atoms with Gasteiger partial charge in [0, 0.05) is 17.3 Å². The Morgan fingerprint density at radius 2 is 2.04 bits per heavy atom. The maximum Gasteiger partial charge on any atom is 0.342 e. The van der Waals surface area contributed by atoms with Gasteiger partial charge in [0.25, 0.3) is 5.91 Å². The number of aryl methyl sites for hydroxylation is 1. The van der Waals surface area contributed by atoms with Crippen molar-refractivity contribution in [3.63, 3.8) is 0 Å². The fourth-order valence-electron chi connectivity index (χ4n) is 2.92. The van der Waals surface area contributed by atoms with Crippen LogP contribution in [0.4, 0.5) is 5.69 Å². The molecule has 3 rings (SSSR count). The molecule has 0 atom stereocenters. The molecule has 0 saturated carbocycles. The van der Waals surface area contributed by atoms with E-state index >= 15 is 0 Å². The average Bonchev–Trinajstić information content (AvgIpc) is 2.64. The Balaban J connectivity index is 1.68. The van der Waals surface area contributed by atoms with Crippen LogP contribution in [0, 0.1) is 0 Å². The fraction of sp³-hybridized carbons (Fsp3) is 0.263. The predicted octanol–water partition coefficient (Wildman–Crippen LogP) is 3.19. The van der Waals surface area contributed by atoms with Crippen LogP contribution in [0.25, 0.3) is 0 Å². The number of carbonyl (C=O) groups is 2. The first-order chi connectivity index (χ1) is 12.5. The maximum absolute atomic E-state index is 12.5. The molecule has 2 aromatic rings. The number of ether oxygens (including phenoxy) is 2. The number of nitrogens with zero attached hydrogens (tertiary/aromatic N) is 1. The van der Waals surface area contributed by atoms with Gasteiger partial charge in [0.2, 0.25) is 0 Å². The summed E-state index contributed by atoms with van der Waals surface area (Å²) in [5.41, 5.74) is 1.78. The highest BCUT2D eigenvalue weighted by Gasteiger charge is 2.24. The van der Waals surface area contributed by atoms with Gasteiger partial charge in [-0.25, -0.2) is 4.79 Å². The largest absolute Gasteiger partial charge is 0.507 e. The van der Waals surface area contributed by atoms with Crippen molar-refractivity contribution in [3.05, 3.63) is 52.5 Å². The van der Waals surface area contributed by atoms with Gasteiger partial charge in [-0.2, -0.15) is 0 Å². The minimum atomic E-state index is -0.778. The normalized spacial score (nSPS) is 13.1. The number of benzene rings is 2. The molecular formula is C19H18ClNO5. The number of methoxy groups -OCH3 is 1. The zero-order valence-corrected chi connectivity index (χ0v) is 15.0. The van der Waals surface area contributed by atoms with E-state index in [2.05, 4.69) is 0 Å². The van der Waals surface area contributed by atoms with Crippen molar-refractivity contribution in [3.8, 4) is 11.5 Å². The maximum atomic E-state index is 12.5. The number of anilines is 1. The van der Waals surface area contributed by atoms with Crippen LogP contribution in [0.5, 0.6) is 11.5 Å². The zero-order valence-electron chi connectivity index (χ0n) is 14.2. The van der Waals surface area contributed by atoms with E-state index < -0.39 is 12.6 Å². The Labute approximate surface area is 155 Å². The van der Waals surface area contributed by atoms with Gasteiger partial charge in [-0.15, -0.1) is 0 Å². The molecule has 0 unspecified atom stereocenters. The molecule has 0 aromatic heterocycles. The van der Waals surface area contributed by atoms with Crippen LogP contribution in [-0.4, -0.2) is 37.2 Å². The number of hydrogen-bond acceptors (Lipinski definition) is 5. The Kier molecular flexibility index (Phi) is 5.32. The van der Waals surface area contributed by atoms with E-state index in [0.29, 0.717) is 11.6 Å². The summed E-state index contributed by atoms with van der Waals surface area (Å²) in [7, 11) is 1.60. The predicted molar refractivity (Wildman–Crippen MR) is 97.1 cm³/mol. The molecule has 0 radical (unpaired) electrons. The second-order valence-electron chi connectivity index (χ2n) is 5.88. The molecule has 1 heterocycles. The molecule has 136 valence electrons. The van der Waals surface area contributed by atoms with Gasteiger partial charge in [-0.3, -0.25) is 4.79 Å². The van der Waals surface area contributed by atoms with Crippen LogP contribution >= 0.6 is 11.6 Å². The average molecular weight is 376 g/mol. The Hall–Kier alpha value is -2.73. The zero-order chi connectivity index (χ0) is 18.7. The Morgan fingerprint density at radius 1 is 1.23 bits per heavy atom. The second kappa shape index (κ2) is 7.66. The Morgan fingerprint density at radius 3 is 2.77 bits per heavy atom. The van der Waals surface area contributed by atoms with Crippen molar-refractivity contribution in [2.45, 2.75) is 12.8 Å². The number of amides is 1. The number of halogens is 1. The number of hydrogen-bond donors (Lipinski definition) is 1. The summed E-state index contributed by atoms with van der Waals surface area (Å²) in [5, 5.41) is 10.1. The number of phenolic OH excluding ortho intramolecular Hbond substituents is 1. The molecule has 6 nitrogen and oxygen atoms in total. The van der Waals surface area contributed by atoms with Crippen LogP contribution in [0.3, 0.4) is 0 Å². The molecule has 7 heteroatoms. The van der Waals surface area contributed by atoms with E-state index in [9.17, 15) is 14.7 Å². The standard InChI is InChI=1S/C19H18ClNO5/c1-25-14-5-7-16-12(9-14)3-2-8-21(16)18(23)11-26-19(24)15-6-4-13(20)10-17(15)22/h4-7,9-10,22H,2-3,8,11H2,1H3. The minimum Gasteiger partial charge on any atom is -0.507 e. The number of aromatic hydroxyl groups is 1. The molecule has 2 aromatic carbocycles. The van der Waals surface area contributed by atoms with E-state index in [1.807, 2.05) is 12.1 Å². The highest BCUT2D eigenvalue weighted by Crippen LogP contribution is 2.30. The van der Waals surface area contributed by atoms with Crippen LogP contribution in [-0.2, 0) is 16.0 Å². The molecule has 0 saturated heterocycles. The first-order valence-corrected chi connectivity index (χ1v) is 8.50. The van der Waals surface area contributed by atoms with Gasteiger partial charge < -0.3 is 19.5 Å². The smallest absolute Gasteiger partial charge is 0.342 e. The lowest BCUT2D eigenvalue weighted by molar-refractivity contribution is -0.121. The van der Waals surface area contributed by atoms with Crippen LogP contribution < -0.4 is 9.64 Å². The summed E-state index contributed by atoms with van der Waals surface area (Å²) < 4.78 is 10.3. The van der Waals surface area contributed by atoms with Gasteiger partial charge in [0.05, 0.1) is 7.11 Å². The number of esters is 1. The Bertz CT molecular complexity index is 852. The first kappa shape index (κ1) is 18.1. The quantitative estimate of drug-likeness (QED) is 0.830. The van der Waals surface area contributed by atoms with Gasteiger partial charge in [0.1, 0.15) is 17.1 Å². The summed E-state index contributed by atoms with van der Waals surface area (Å²) in [5.74, 6) is -0.648. The highest BCUT2D eigenvalue weighted by molar-refractivity contribution is 6.30. The topological polar surface area (TPSA) is 76.1 Å². The third-order valence-electron chi connectivity index (χ3n) is 4.21. The molecule has 1 N–H and O–H groups in total. The number of phenols is 1. The summed E-state index contributed by atoms with van der Waals surface area (Å²) >= 11 is 5.74. The SMILES string of the molecule is COc1ccc2c(c1)CCCN2C(=O)COC(=O)c1ccc(Cl)cc1O. The van der Waals surface area contributed by atoms with E-state index in [4.69, 9.17) is 21.1 Å². The summed E-state index contributed by atoms with van der Waals surface area (Å²) in [6, 6.07) is 9.60. The lowest BCUT2D eigenvalue weighted by atomic mass is 10.0. The molecule has 0 bridgehead atoms. The van der Waals surface area contributed by atoms with E-state index in [-0.39, 0.29) is 17.2 Å². The van der Waals surface area contributed by atoms with Crippen molar-refractivity contribution >= 4 is 29.2 Å². The fourth-order valence-corrected chi connectivity index (χ4v) is 3.09. The monoisotopic (exact) mass is 375 g/mol. The molecule has 0 fully saturated rings. The van der Waals surface area contributed by atoms with E-state index in [0.717, 1.165) is 29.8 Å². The molecule has 0 spiro atoms. The first-order valence-electron chi connectivity index (χ1n) is 8.12. The molecule has 0 aliphatic carbocycles. The van der Waals surface area contributed by atoms with Crippen molar-refractivity contribution in [1.29, 1.82) is 0 Å². The molecule has 1 aliphatic heterocycles. The second-order valence-corrected chi connectivity index (χ2v) is 6.32. The molecular weight excluding hydrogens is 358 g/mol. The summed E-state index contributed by atoms with van der Waals surface area (Å²) in [6.45, 7) is 0.147. The number of carbonyl (C=O) groups excluding carboxylic acids is 2. The third kappa shape index (κ3) is 3.75. The van der Waals surface area contributed by atoms with Crippen LogP contribution in [0.15, 0.2) is 36.4 Å². The van der Waals surface area contributed by atoms with Gasteiger partial charge in [-0.1, -0.05) is 11.6 Å².